The molecule has 0 amide bonds. The number of phosphoric ester groups is 2. The average molecular weight is 1580 g/mol. The van der Waals surface area contributed by atoms with E-state index in [1.165, 1.54) is 103 Å². The lowest BCUT2D eigenvalue weighted by molar-refractivity contribution is -0.161. The zero-order valence-corrected chi connectivity index (χ0v) is 70.4. The Morgan fingerprint density at radius 3 is 0.836 bits per heavy atom. The van der Waals surface area contributed by atoms with E-state index < -0.39 is 97.5 Å². The van der Waals surface area contributed by atoms with Crippen LogP contribution in [0.5, 0.6) is 0 Å². The molecule has 0 aromatic heterocycles. The molecule has 0 heterocycles. The van der Waals surface area contributed by atoms with E-state index in [0.29, 0.717) is 38.5 Å². The third kappa shape index (κ3) is 80.5. The summed E-state index contributed by atoms with van der Waals surface area (Å²) in [6, 6.07) is 0. The lowest BCUT2D eigenvalue weighted by atomic mass is 10.0. The van der Waals surface area contributed by atoms with Crippen molar-refractivity contribution in [1.82, 2.24) is 0 Å². The van der Waals surface area contributed by atoms with Gasteiger partial charge in [-0.15, -0.1) is 0 Å². The highest BCUT2D eigenvalue weighted by atomic mass is 31.2. The van der Waals surface area contributed by atoms with Gasteiger partial charge < -0.3 is 33.8 Å². The van der Waals surface area contributed by atoms with Crippen LogP contribution in [0, 0.1) is 0 Å². The number of hydrogen-bond donors (Lipinski definition) is 3. The molecule has 17 nitrogen and oxygen atoms in total. The van der Waals surface area contributed by atoms with E-state index in [1.54, 1.807) is 0 Å². The molecule has 0 fully saturated rings. The molecular formula is C91H150O17P2. The van der Waals surface area contributed by atoms with Gasteiger partial charge in [0.2, 0.25) is 0 Å². The number of ether oxygens (including phenoxy) is 4. The fourth-order valence-corrected chi connectivity index (χ4v) is 12.3. The van der Waals surface area contributed by atoms with Gasteiger partial charge in [0.1, 0.15) is 19.3 Å². The van der Waals surface area contributed by atoms with Gasteiger partial charge in [0.25, 0.3) is 0 Å². The van der Waals surface area contributed by atoms with E-state index in [0.717, 1.165) is 128 Å². The Morgan fingerprint density at radius 1 is 0.264 bits per heavy atom. The SMILES string of the molecule is CC/C=C\C/C=C\C/C=C\C/C=C\C/C=C\CCCCCC(=O)OC[C@H](COP(=O)(O)OC[C@@H](O)COP(=O)(O)OC[C@@H](COC(=O)CC/C=C\C/C=C\C/C=C\C/C=C\C/C=C\CCCCC)OC(=O)CCCCCCCCCCCCCCCCC)OC(=O)CCC/C=C\C/C=C\C/C=C\C/C=C\CCCCC. The number of phosphoric acid groups is 2. The largest absolute Gasteiger partial charge is 0.472 e. The number of unbranched alkanes of at least 4 members (excludes halogenated alkanes) is 24. The molecule has 0 aromatic rings. The molecule has 0 aliphatic carbocycles. The van der Waals surface area contributed by atoms with Crippen LogP contribution < -0.4 is 0 Å². The van der Waals surface area contributed by atoms with Crippen LogP contribution in [-0.4, -0.2) is 96.7 Å². The minimum atomic E-state index is -5.02. The van der Waals surface area contributed by atoms with Crippen molar-refractivity contribution in [2.75, 3.05) is 39.6 Å². The van der Waals surface area contributed by atoms with E-state index in [-0.39, 0.29) is 25.7 Å². The maximum absolute atomic E-state index is 13.1. The molecule has 0 saturated carbocycles. The lowest BCUT2D eigenvalue weighted by Crippen LogP contribution is -2.30. The van der Waals surface area contributed by atoms with E-state index in [4.69, 9.17) is 37.0 Å². The van der Waals surface area contributed by atoms with Gasteiger partial charge in [0, 0.05) is 25.7 Å². The monoisotopic (exact) mass is 1580 g/mol. The van der Waals surface area contributed by atoms with Gasteiger partial charge in [0.15, 0.2) is 12.2 Å². The second-order valence-electron chi connectivity index (χ2n) is 27.7. The maximum Gasteiger partial charge on any atom is 0.472 e. The number of rotatable bonds is 78. The fraction of sp³-hybridized carbons (Fsp3) is 0.648. The normalized spacial score (nSPS) is 14.6. The summed E-state index contributed by atoms with van der Waals surface area (Å²) in [5, 5.41) is 10.7. The van der Waals surface area contributed by atoms with Crippen molar-refractivity contribution in [3.63, 3.8) is 0 Å². The van der Waals surface area contributed by atoms with Crippen LogP contribution in [0.15, 0.2) is 170 Å². The second kappa shape index (κ2) is 81.4. The predicted octanol–water partition coefficient (Wildman–Crippen LogP) is 25.3. The standard InChI is InChI=1S/C91H150O17P2/c1-5-9-13-17-21-25-29-33-37-40-42-45-48-51-55-59-63-67-71-75-88(93)101-81-86(107-90(95)77-73-69-65-61-57-53-47-36-32-28-24-20-16-12-8-4)83-105-109(97,98)103-79-85(92)80-104-110(99,100)106-84-87(108-91(96)78-74-70-66-62-58-54-50-44-39-35-31-27-23-19-15-11-7-3)82-102-89(94)76-72-68-64-60-56-52-49-46-43-41-38-34-30-26-22-18-14-10-6-2/h10,14,21-23,25-27,33-35,37-39,42-43,45-46,50-52,54-56,62-63,66-67,85-87,92H,5-9,11-13,15-20,24,28-32,36,40-41,44,47-49,53,57-61,64-65,68-84H2,1-4H3,(H,97,98)(H,99,100)/b14-10-,25-21-,26-22-,27-23-,37-33-,38-34-,39-35-,45-42-,46-43-,54-50-,55-51-,56-52-,66-62-,67-63-/t85-,86+,87+/m0/s1. The summed E-state index contributed by atoms with van der Waals surface area (Å²) in [4.78, 5) is 73.2. The van der Waals surface area contributed by atoms with E-state index in [1.807, 2.05) is 24.3 Å². The molecular weight excluding hydrogens is 1430 g/mol. The Bertz CT molecular complexity index is 2750. The molecule has 0 spiro atoms. The smallest absolute Gasteiger partial charge is 0.462 e. The number of esters is 4. The van der Waals surface area contributed by atoms with Crippen LogP contribution in [0.1, 0.15) is 323 Å². The molecule has 626 valence electrons. The van der Waals surface area contributed by atoms with Crippen molar-refractivity contribution < 1.29 is 80.2 Å². The van der Waals surface area contributed by atoms with Gasteiger partial charge in [-0.3, -0.25) is 37.3 Å². The first-order chi connectivity index (χ1) is 53.7. The molecule has 0 bridgehead atoms. The molecule has 0 aliphatic heterocycles. The average Bonchev–Trinajstić information content (AvgIpc) is 0.906. The second-order valence-corrected chi connectivity index (χ2v) is 30.6. The van der Waals surface area contributed by atoms with E-state index >= 15 is 0 Å². The first-order valence-corrected chi connectivity index (χ1v) is 45.4. The maximum atomic E-state index is 13.1. The number of allylic oxidation sites excluding steroid dienone is 28. The molecule has 0 aromatic carbocycles. The van der Waals surface area contributed by atoms with Gasteiger partial charge in [0.05, 0.1) is 26.4 Å². The van der Waals surface area contributed by atoms with Crippen LogP contribution in [0.25, 0.3) is 0 Å². The molecule has 0 saturated heterocycles. The number of aliphatic hydroxyl groups is 1. The first kappa shape index (κ1) is 104. The van der Waals surface area contributed by atoms with Crippen LogP contribution in [0.3, 0.4) is 0 Å². The van der Waals surface area contributed by atoms with Gasteiger partial charge in [-0.2, -0.15) is 0 Å². The van der Waals surface area contributed by atoms with Gasteiger partial charge in [-0.1, -0.05) is 320 Å². The molecule has 0 radical (unpaired) electrons. The van der Waals surface area contributed by atoms with Crippen LogP contribution >= 0.6 is 15.6 Å². The fourth-order valence-electron chi connectivity index (χ4n) is 10.8. The summed E-state index contributed by atoms with van der Waals surface area (Å²) in [6.07, 6.45) is 97.7. The van der Waals surface area contributed by atoms with Crippen molar-refractivity contribution in [3.05, 3.63) is 170 Å². The van der Waals surface area contributed by atoms with Crippen molar-refractivity contribution in [2.45, 2.75) is 341 Å². The molecule has 0 rings (SSSR count). The van der Waals surface area contributed by atoms with Crippen molar-refractivity contribution in [3.8, 4) is 0 Å². The number of carbonyl (C=O) groups excluding carboxylic acids is 4. The van der Waals surface area contributed by atoms with Gasteiger partial charge in [-0.05, 0) is 148 Å². The Hall–Kier alpha value is -5.58. The molecule has 2 unspecified atom stereocenters. The first-order valence-electron chi connectivity index (χ1n) is 42.4. The van der Waals surface area contributed by atoms with E-state index in [9.17, 15) is 43.2 Å². The highest BCUT2D eigenvalue weighted by Gasteiger charge is 2.30. The summed E-state index contributed by atoms with van der Waals surface area (Å²) in [7, 11) is -10.0. The highest BCUT2D eigenvalue weighted by molar-refractivity contribution is 7.47. The Balaban J connectivity index is 5.52. The summed E-state index contributed by atoms with van der Waals surface area (Å²) in [5.41, 5.74) is 0. The molecule has 110 heavy (non-hydrogen) atoms. The Labute approximate surface area is 667 Å². The van der Waals surface area contributed by atoms with E-state index in [2.05, 4.69) is 174 Å². The predicted molar refractivity (Wildman–Crippen MR) is 454 cm³/mol. The molecule has 19 heteroatoms. The zero-order valence-electron chi connectivity index (χ0n) is 68.6. The summed E-state index contributed by atoms with van der Waals surface area (Å²) in [6.45, 7) is 4.54. The summed E-state index contributed by atoms with van der Waals surface area (Å²) < 4.78 is 68.6. The molecule has 3 N–H and O–H groups in total. The highest BCUT2D eigenvalue weighted by Crippen LogP contribution is 2.45. The third-order valence-electron chi connectivity index (χ3n) is 17.2. The minimum absolute atomic E-state index is 0.00411. The lowest BCUT2D eigenvalue weighted by Gasteiger charge is -2.21. The minimum Gasteiger partial charge on any atom is -0.462 e. The van der Waals surface area contributed by atoms with Crippen LogP contribution in [0.2, 0.25) is 0 Å². The Morgan fingerprint density at radius 2 is 0.500 bits per heavy atom. The van der Waals surface area contributed by atoms with Crippen molar-refractivity contribution >= 4 is 39.5 Å². The van der Waals surface area contributed by atoms with Crippen LogP contribution in [-0.2, 0) is 65.4 Å². The quantitative estimate of drug-likeness (QED) is 0.0169. The van der Waals surface area contributed by atoms with Gasteiger partial charge in [-0.25, -0.2) is 9.13 Å². The van der Waals surface area contributed by atoms with Crippen molar-refractivity contribution in [2.24, 2.45) is 0 Å². The van der Waals surface area contributed by atoms with Crippen LogP contribution in [0.4, 0.5) is 0 Å². The summed E-state index contributed by atoms with van der Waals surface area (Å²) >= 11 is 0. The third-order valence-corrected chi connectivity index (χ3v) is 19.1. The summed E-state index contributed by atoms with van der Waals surface area (Å²) in [5.74, 6) is -2.38. The van der Waals surface area contributed by atoms with Gasteiger partial charge >= 0.3 is 39.5 Å². The Kier molecular flexibility index (Phi) is 77.3. The van der Waals surface area contributed by atoms with Crippen molar-refractivity contribution in [1.29, 1.82) is 0 Å². The molecule has 5 atom stereocenters. The number of carbonyl (C=O) groups is 4. The topological polar surface area (TPSA) is 237 Å². The number of hydrogen-bond acceptors (Lipinski definition) is 15. The zero-order chi connectivity index (χ0) is 80.3. The molecule has 0 aliphatic rings. The number of aliphatic hydroxyl groups excluding tert-OH is 1.